The van der Waals surface area contributed by atoms with E-state index in [2.05, 4.69) is 11.4 Å². The molecular formula is C19H24N2O3S. The van der Waals surface area contributed by atoms with Crippen LogP contribution in [0.3, 0.4) is 0 Å². The van der Waals surface area contributed by atoms with Crippen molar-refractivity contribution in [3.8, 4) is 6.07 Å². The van der Waals surface area contributed by atoms with E-state index in [1.54, 1.807) is 0 Å². The Morgan fingerprint density at radius 2 is 1.96 bits per heavy atom. The molecule has 0 aliphatic heterocycles. The number of hydrogen-bond donors (Lipinski definition) is 1. The van der Waals surface area contributed by atoms with Crippen molar-refractivity contribution < 1.29 is 14.3 Å². The summed E-state index contributed by atoms with van der Waals surface area (Å²) in [4.78, 5) is 25.1. The van der Waals surface area contributed by atoms with Gasteiger partial charge in [0, 0.05) is 11.3 Å². The standard InChI is InChI=1S/C19H24N2O3S/c20-11-15-14-7-3-4-8-16(14)25-19(15)21-17(22)12-24-18(23)10-9-13-5-1-2-6-13/h13H,1-10,12H2,(H,21,22). The number of fused-ring (bicyclic) bond motifs is 1. The normalized spacial score (nSPS) is 16.9. The maximum Gasteiger partial charge on any atom is 0.306 e. The van der Waals surface area contributed by atoms with E-state index in [9.17, 15) is 14.9 Å². The van der Waals surface area contributed by atoms with Crippen molar-refractivity contribution in [2.24, 2.45) is 5.92 Å². The number of hydrogen-bond acceptors (Lipinski definition) is 5. The highest BCUT2D eigenvalue weighted by molar-refractivity contribution is 7.16. The molecule has 0 bridgehead atoms. The topological polar surface area (TPSA) is 79.2 Å². The predicted octanol–water partition coefficient (Wildman–Crippen LogP) is 3.95. The van der Waals surface area contributed by atoms with E-state index in [0.29, 0.717) is 22.9 Å². The molecule has 0 aromatic carbocycles. The summed E-state index contributed by atoms with van der Waals surface area (Å²) in [5, 5.41) is 12.7. The van der Waals surface area contributed by atoms with E-state index in [-0.39, 0.29) is 18.5 Å². The Labute approximate surface area is 152 Å². The largest absolute Gasteiger partial charge is 0.456 e. The number of nitriles is 1. The molecule has 25 heavy (non-hydrogen) atoms. The molecule has 6 heteroatoms. The number of ether oxygens (including phenoxy) is 1. The molecule has 1 amide bonds. The lowest BCUT2D eigenvalue weighted by Crippen LogP contribution is -2.21. The first-order valence-electron chi connectivity index (χ1n) is 9.17. The van der Waals surface area contributed by atoms with E-state index in [1.807, 2.05) is 0 Å². The van der Waals surface area contributed by atoms with Crippen molar-refractivity contribution in [2.75, 3.05) is 11.9 Å². The van der Waals surface area contributed by atoms with Crippen LogP contribution in [0.15, 0.2) is 0 Å². The van der Waals surface area contributed by atoms with Gasteiger partial charge in [-0.05, 0) is 43.6 Å². The number of nitrogens with one attached hydrogen (secondary N) is 1. The van der Waals surface area contributed by atoms with Crippen LogP contribution in [0, 0.1) is 17.2 Å². The van der Waals surface area contributed by atoms with E-state index in [0.717, 1.165) is 37.7 Å². The fourth-order valence-corrected chi connectivity index (χ4v) is 5.03. The number of carbonyl (C=O) groups excluding carboxylic acids is 2. The lowest BCUT2D eigenvalue weighted by Gasteiger charge is -2.09. The molecule has 2 aliphatic rings. The van der Waals surface area contributed by atoms with Crippen molar-refractivity contribution in [1.82, 2.24) is 0 Å². The van der Waals surface area contributed by atoms with Crippen LogP contribution in [0.2, 0.25) is 0 Å². The Hall–Kier alpha value is -1.87. The highest BCUT2D eigenvalue weighted by Gasteiger charge is 2.22. The van der Waals surface area contributed by atoms with Gasteiger partial charge in [0.2, 0.25) is 0 Å². The number of thiophene rings is 1. The molecule has 0 unspecified atom stereocenters. The second-order valence-electron chi connectivity index (χ2n) is 6.92. The van der Waals surface area contributed by atoms with Gasteiger partial charge < -0.3 is 10.1 Å². The summed E-state index contributed by atoms with van der Waals surface area (Å²) in [5.41, 5.74) is 1.67. The molecule has 1 N–H and O–H groups in total. The molecule has 1 aromatic rings. The molecule has 0 saturated heterocycles. The molecule has 3 rings (SSSR count). The lowest BCUT2D eigenvalue weighted by atomic mass is 9.96. The predicted molar refractivity (Wildman–Crippen MR) is 96.5 cm³/mol. The van der Waals surface area contributed by atoms with Gasteiger partial charge in [-0.3, -0.25) is 9.59 Å². The molecule has 0 spiro atoms. The van der Waals surface area contributed by atoms with Crippen LogP contribution in [0.25, 0.3) is 0 Å². The molecule has 1 fully saturated rings. The van der Waals surface area contributed by atoms with Crippen molar-refractivity contribution in [3.63, 3.8) is 0 Å². The Morgan fingerprint density at radius 3 is 2.72 bits per heavy atom. The number of nitrogens with zero attached hydrogens (tertiary/aromatic N) is 1. The maximum atomic E-state index is 12.1. The second kappa shape index (κ2) is 8.48. The number of carbonyl (C=O) groups is 2. The van der Waals surface area contributed by atoms with Crippen LogP contribution in [-0.2, 0) is 27.2 Å². The van der Waals surface area contributed by atoms with E-state index in [4.69, 9.17) is 4.74 Å². The third kappa shape index (κ3) is 4.60. The quantitative estimate of drug-likeness (QED) is 0.779. The first-order chi connectivity index (χ1) is 12.2. The van der Waals surface area contributed by atoms with Gasteiger partial charge in [0.05, 0.1) is 5.56 Å². The van der Waals surface area contributed by atoms with Gasteiger partial charge in [0.25, 0.3) is 5.91 Å². The Bertz CT molecular complexity index is 684. The van der Waals surface area contributed by atoms with Gasteiger partial charge >= 0.3 is 5.97 Å². The summed E-state index contributed by atoms with van der Waals surface area (Å²) in [5.74, 6) is -0.0469. The van der Waals surface area contributed by atoms with Crippen molar-refractivity contribution in [2.45, 2.75) is 64.2 Å². The second-order valence-corrected chi connectivity index (χ2v) is 8.03. The molecule has 5 nitrogen and oxygen atoms in total. The van der Waals surface area contributed by atoms with Crippen LogP contribution >= 0.6 is 11.3 Å². The van der Waals surface area contributed by atoms with Crippen LogP contribution in [-0.4, -0.2) is 18.5 Å². The Balaban J connectivity index is 1.47. The number of amides is 1. The van der Waals surface area contributed by atoms with Crippen molar-refractivity contribution >= 4 is 28.2 Å². The number of esters is 1. The third-order valence-electron chi connectivity index (χ3n) is 5.13. The van der Waals surface area contributed by atoms with Crippen LogP contribution in [0.5, 0.6) is 0 Å². The Morgan fingerprint density at radius 1 is 1.20 bits per heavy atom. The van der Waals surface area contributed by atoms with Gasteiger partial charge in [-0.15, -0.1) is 11.3 Å². The summed E-state index contributed by atoms with van der Waals surface area (Å²) < 4.78 is 5.08. The smallest absolute Gasteiger partial charge is 0.306 e. The molecule has 0 radical (unpaired) electrons. The summed E-state index contributed by atoms with van der Waals surface area (Å²) in [7, 11) is 0. The molecule has 134 valence electrons. The fourth-order valence-electron chi connectivity index (χ4n) is 3.77. The minimum atomic E-state index is -0.371. The zero-order valence-electron chi connectivity index (χ0n) is 14.4. The first-order valence-corrected chi connectivity index (χ1v) is 9.99. The monoisotopic (exact) mass is 360 g/mol. The molecule has 1 saturated carbocycles. The van der Waals surface area contributed by atoms with E-state index in [1.165, 1.54) is 41.9 Å². The Kier molecular flexibility index (Phi) is 6.09. The van der Waals surface area contributed by atoms with Crippen molar-refractivity contribution in [1.29, 1.82) is 5.26 Å². The number of anilines is 1. The highest BCUT2D eigenvalue weighted by Crippen LogP contribution is 2.37. The third-order valence-corrected chi connectivity index (χ3v) is 6.34. The molecule has 0 atom stereocenters. The minimum Gasteiger partial charge on any atom is -0.456 e. The fraction of sp³-hybridized carbons (Fsp3) is 0.632. The minimum absolute atomic E-state index is 0.281. The SMILES string of the molecule is N#Cc1c(NC(=O)COC(=O)CCC2CCCC2)sc2c1CCCC2. The lowest BCUT2D eigenvalue weighted by molar-refractivity contribution is -0.147. The summed E-state index contributed by atoms with van der Waals surface area (Å²) >= 11 is 1.48. The van der Waals surface area contributed by atoms with Gasteiger partial charge in [-0.2, -0.15) is 5.26 Å². The zero-order valence-corrected chi connectivity index (χ0v) is 15.3. The van der Waals surface area contributed by atoms with Gasteiger partial charge in [-0.1, -0.05) is 25.7 Å². The zero-order chi connectivity index (χ0) is 17.6. The molecule has 1 heterocycles. The first kappa shape index (κ1) is 17.9. The van der Waals surface area contributed by atoms with Crippen LogP contribution in [0.1, 0.15) is 67.4 Å². The van der Waals surface area contributed by atoms with Crippen LogP contribution in [0.4, 0.5) is 5.00 Å². The van der Waals surface area contributed by atoms with Gasteiger partial charge in [0.15, 0.2) is 6.61 Å². The van der Waals surface area contributed by atoms with Gasteiger partial charge in [-0.25, -0.2) is 0 Å². The molecule has 2 aliphatic carbocycles. The van der Waals surface area contributed by atoms with Gasteiger partial charge in [0.1, 0.15) is 11.1 Å². The average Bonchev–Trinajstić information content (AvgIpc) is 3.25. The van der Waals surface area contributed by atoms with E-state index < -0.39 is 0 Å². The molecule has 1 aromatic heterocycles. The summed E-state index contributed by atoms with van der Waals surface area (Å²) in [6.07, 6.45) is 10.3. The highest BCUT2D eigenvalue weighted by atomic mass is 32.1. The number of aryl methyl sites for hydroxylation is 1. The van der Waals surface area contributed by atoms with Crippen LogP contribution < -0.4 is 5.32 Å². The maximum absolute atomic E-state index is 12.1. The molecular weight excluding hydrogens is 336 g/mol. The van der Waals surface area contributed by atoms with Crippen molar-refractivity contribution in [3.05, 3.63) is 16.0 Å². The summed E-state index contributed by atoms with van der Waals surface area (Å²) in [6, 6.07) is 2.21. The average molecular weight is 360 g/mol. The van der Waals surface area contributed by atoms with E-state index >= 15 is 0 Å². The summed E-state index contributed by atoms with van der Waals surface area (Å²) in [6.45, 7) is -0.281. The number of rotatable bonds is 6.